The van der Waals surface area contributed by atoms with E-state index in [1.165, 1.54) is 6.26 Å². The van der Waals surface area contributed by atoms with E-state index >= 15 is 0 Å². The lowest BCUT2D eigenvalue weighted by atomic mass is 10.2. The van der Waals surface area contributed by atoms with Crippen LogP contribution in [0.5, 0.6) is 11.5 Å². The topological polar surface area (TPSA) is 80.1 Å². The average molecular weight is 471 g/mol. The second-order valence-electron chi connectivity index (χ2n) is 7.79. The molecule has 3 heterocycles. The van der Waals surface area contributed by atoms with Crippen LogP contribution in [0.4, 0.5) is 0 Å². The van der Waals surface area contributed by atoms with Crippen molar-refractivity contribution in [3.8, 4) is 22.1 Å². The number of carbonyl (C=O) groups is 1. The second kappa shape index (κ2) is 11.3. The zero-order chi connectivity index (χ0) is 23.0. The van der Waals surface area contributed by atoms with E-state index in [1.807, 2.05) is 25.1 Å². The second-order valence-corrected chi connectivity index (χ2v) is 8.65. The summed E-state index contributed by atoms with van der Waals surface area (Å²) < 4.78 is 16.2. The lowest BCUT2D eigenvalue weighted by molar-refractivity contribution is 0.0907. The molecule has 0 unspecified atom stereocenters. The number of amides is 1. The van der Waals surface area contributed by atoms with Crippen LogP contribution >= 0.6 is 11.3 Å². The number of hydrogen-bond donors (Lipinski definition) is 1. The van der Waals surface area contributed by atoms with Crippen LogP contribution in [0.25, 0.3) is 10.6 Å². The van der Waals surface area contributed by atoms with E-state index < -0.39 is 0 Å². The quantitative estimate of drug-likeness (QED) is 0.487. The zero-order valence-corrected chi connectivity index (χ0v) is 19.9. The molecule has 1 aliphatic heterocycles. The van der Waals surface area contributed by atoms with Gasteiger partial charge in [0.25, 0.3) is 5.91 Å². The molecule has 4 rings (SSSR count). The van der Waals surface area contributed by atoms with Gasteiger partial charge in [0.15, 0.2) is 17.3 Å². The summed E-state index contributed by atoms with van der Waals surface area (Å²) in [4.78, 5) is 21.6. The van der Waals surface area contributed by atoms with Crippen LogP contribution in [0.1, 0.15) is 23.2 Å². The number of aromatic nitrogens is 1. The zero-order valence-electron chi connectivity index (χ0n) is 19.1. The molecule has 9 heteroatoms. The molecular formula is C24H30N4O4S. The summed E-state index contributed by atoms with van der Waals surface area (Å²) in [5.74, 6) is 1.66. The number of piperazine rings is 1. The maximum Gasteiger partial charge on any atom is 0.287 e. The van der Waals surface area contributed by atoms with Crippen molar-refractivity contribution in [2.45, 2.75) is 13.5 Å². The van der Waals surface area contributed by atoms with Gasteiger partial charge >= 0.3 is 0 Å². The van der Waals surface area contributed by atoms with E-state index in [9.17, 15) is 4.79 Å². The number of carbonyl (C=O) groups excluding carboxylic acids is 1. The van der Waals surface area contributed by atoms with E-state index in [4.69, 9.17) is 18.9 Å². The van der Waals surface area contributed by atoms with Crippen LogP contribution in [-0.2, 0) is 6.54 Å². The smallest absolute Gasteiger partial charge is 0.287 e. The third-order valence-electron chi connectivity index (χ3n) is 5.57. The van der Waals surface area contributed by atoms with Crippen molar-refractivity contribution in [2.75, 3.05) is 53.0 Å². The van der Waals surface area contributed by atoms with Gasteiger partial charge in [-0.2, -0.15) is 0 Å². The molecule has 0 aliphatic carbocycles. The highest BCUT2D eigenvalue weighted by Crippen LogP contribution is 2.34. The first-order valence-electron chi connectivity index (χ1n) is 11.2. The van der Waals surface area contributed by atoms with Gasteiger partial charge in [-0.3, -0.25) is 14.6 Å². The first kappa shape index (κ1) is 23.3. The maximum atomic E-state index is 11.9. The van der Waals surface area contributed by atoms with Crippen molar-refractivity contribution < 1.29 is 18.7 Å². The Kier molecular flexibility index (Phi) is 7.98. The molecule has 176 valence electrons. The van der Waals surface area contributed by atoms with E-state index in [2.05, 4.69) is 20.5 Å². The molecule has 1 saturated heterocycles. The number of ether oxygens (including phenoxy) is 2. The molecular weight excluding hydrogens is 440 g/mol. The molecule has 0 radical (unpaired) electrons. The van der Waals surface area contributed by atoms with E-state index in [0.29, 0.717) is 18.9 Å². The lowest BCUT2D eigenvalue weighted by Gasteiger charge is -2.34. The Hall–Kier alpha value is -2.88. The predicted molar refractivity (Wildman–Crippen MR) is 128 cm³/mol. The minimum Gasteiger partial charge on any atom is -0.493 e. The fourth-order valence-electron chi connectivity index (χ4n) is 3.81. The van der Waals surface area contributed by atoms with Crippen molar-refractivity contribution in [3.63, 3.8) is 0 Å². The molecule has 1 N–H and O–H groups in total. The summed E-state index contributed by atoms with van der Waals surface area (Å²) in [7, 11) is 1.65. The van der Waals surface area contributed by atoms with Gasteiger partial charge in [-0.1, -0.05) is 0 Å². The van der Waals surface area contributed by atoms with E-state index in [1.54, 1.807) is 30.6 Å². The largest absolute Gasteiger partial charge is 0.493 e. The number of rotatable bonds is 10. The molecule has 1 aromatic carbocycles. The highest BCUT2D eigenvalue weighted by Gasteiger charge is 2.19. The number of nitrogens with one attached hydrogen (secondary N) is 1. The van der Waals surface area contributed by atoms with Crippen LogP contribution in [-0.4, -0.2) is 73.7 Å². The van der Waals surface area contributed by atoms with E-state index in [0.717, 1.165) is 67.0 Å². The van der Waals surface area contributed by atoms with Crippen molar-refractivity contribution in [3.05, 3.63) is 53.4 Å². The predicted octanol–water partition coefficient (Wildman–Crippen LogP) is 3.36. The highest BCUT2D eigenvalue weighted by molar-refractivity contribution is 7.13. The van der Waals surface area contributed by atoms with Gasteiger partial charge in [0.1, 0.15) is 5.01 Å². The molecule has 33 heavy (non-hydrogen) atoms. The van der Waals surface area contributed by atoms with Crippen LogP contribution in [0.15, 0.2) is 46.4 Å². The minimum absolute atomic E-state index is 0.164. The molecule has 1 aliphatic rings. The summed E-state index contributed by atoms with van der Waals surface area (Å²) in [5, 5.41) is 6.02. The Labute approximate surface area is 198 Å². The molecule has 2 aromatic heterocycles. The Bertz CT molecular complexity index is 1030. The molecule has 1 amide bonds. The minimum atomic E-state index is -0.164. The number of nitrogens with zero attached hydrogens (tertiary/aromatic N) is 3. The van der Waals surface area contributed by atoms with Gasteiger partial charge in [0.05, 0.1) is 25.7 Å². The van der Waals surface area contributed by atoms with Crippen LogP contribution < -0.4 is 14.8 Å². The van der Waals surface area contributed by atoms with Crippen LogP contribution in [0, 0.1) is 0 Å². The Balaban J connectivity index is 1.23. The normalized spacial score (nSPS) is 14.8. The van der Waals surface area contributed by atoms with Gasteiger partial charge < -0.3 is 19.2 Å². The maximum absolute atomic E-state index is 11.9. The molecule has 0 saturated carbocycles. The highest BCUT2D eigenvalue weighted by atomic mass is 32.1. The Morgan fingerprint density at radius 2 is 2.00 bits per heavy atom. The third-order valence-corrected chi connectivity index (χ3v) is 6.51. The molecule has 0 atom stereocenters. The Morgan fingerprint density at radius 3 is 2.73 bits per heavy atom. The van der Waals surface area contributed by atoms with Crippen molar-refractivity contribution in [1.82, 2.24) is 20.1 Å². The molecule has 1 fully saturated rings. The summed E-state index contributed by atoms with van der Waals surface area (Å²) in [6, 6.07) is 9.34. The van der Waals surface area contributed by atoms with Gasteiger partial charge in [0, 0.05) is 56.8 Å². The van der Waals surface area contributed by atoms with Gasteiger partial charge in [-0.05, 0) is 37.3 Å². The monoisotopic (exact) mass is 470 g/mol. The summed E-state index contributed by atoms with van der Waals surface area (Å²) in [6.07, 6.45) is 1.51. The van der Waals surface area contributed by atoms with Crippen molar-refractivity contribution in [1.29, 1.82) is 0 Å². The summed E-state index contributed by atoms with van der Waals surface area (Å²) in [5.41, 5.74) is 2.12. The van der Waals surface area contributed by atoms with Gasteiger partial charge in [0.2, 0.25) is 0 Å². The first-order valence-corrected chi connectivity index (χ1v) is 12.1. The van der Waals surface area contributed by atoms with Crippen LogP contribution in [0.2, 0.25) is 0 Å². The number of furan rings is 1. The molecule has 3 aromatic rings. The SMILES string of the molecule is CCOc1ccc(-c2nc(CN3CCN(CCNC(=O)c4ccco4)CC3)cs2)cc1OC. The summed E-state index contributed by atoms with van der Waals surface area (Å²) in [6.45, 7) is 8.76. The molecule has 0 spiro atoms. The fourth-order valence-corrected chi connectivity index (χ4v) is 4.62. The average Bonchev–Trinajstić information content (AvgIpc) is 3.53. The summed E-state index contributed by atoms with van der Waals surface area (Å²) >= 11 is 1.65. The van der Waals surface area contributed by atoms with E-state index in [-0.39, 0.29) is 5.91 Å². The number of hydrogen-bond acceptors (Lipinski definition) is 8. The van der Waals surface area contributed by atoms with Gasteiger partial charge in [-0.15, -0.1) is 11.3 Å². The van der Waals surface area contributed by atoms with Crippen molar-refractivity contribution in [2.24, 2.45) is 0 Å². The van der Waals surface area contributed by atoms with Gasteiger partial charge in [-0.25, -0.2) is 4.98 Å². The Morgan fingerprint density at radius 1 is 1.18 bits per heavy atom. The standard InChI is InChI=1S/C24H30N4O4S/c1-3-31-20-7-6-18(15-22(20)30-2)24-26-19(17-33-24)16-28-12-10-27(11-13-28)9-8-25-23(29)21-5-4-14-32-21/h4-7,14-15,17H,3,8-13,16H2,1-2H3,(H,25,29). The third kappa shape index (κ3) is 6.13. The first-order chi connectivity index (χ1) is 16.2. The molecule has 8 nitrogen and oxygen atoms in total. The fraction of sp³-hybridized carbons (Fsp3) is 0.417. The number of thiazole rings is 1. The molecule has 0 bridgehead atoms. The van der Waals surface area contributed by atoms with Crippen LogP contribution in [0.3, 0.4) is 0 Å². The van der Waals surface area contributed by atoms with Crippen molar-refractivity contribution >= 4 is 17.2 Å². The number of benzene rings is 1. The number of methoxy groups -OCH3 is 1. The lowest BCUT2D eigenvalue weighted by Crippen LogP contribution is -2.48.